The second-order valence-electron chi connectivity index (χ2n) is 16.7. The van der Waals surface area contributed by atoms with Crippen LogP contribution in [0.1, 0.15) is 110 Å². The first-order chi connectivity index (χ1) is 32.9. The van der Waals surface area contributed by atoms with Crippen molar-refractivity contribution in [1.29, 1.82) is 0 Å². The zero-order valence-electron chi connectivity index (χ0n) is 46.9. The van der Waals surface area contributed by atoms with Crippen molar-refractivity contribution < 1.29 is 21.6 Å². The molecule has 8 aromatic rings. The maximum absolute atomic E-state index is 11.7. The van der Waals surface area contributed by atoms with E-state index >= 15 is 0 Å². The summed E-state index contributed by atoms with van der Waals surface area (Å²) in [6, 6.07) is 24.7. The van der Waals surface area contributed by atoms with Crippen molar-refractivity contribution in [3.05, 3.63) is 167 Å². The van der Waals surface area contributed by atoms with Crippen molar-refractivity contribution in [2.75, 3.05) is 0 Å². The Morgan fingerprint density at radius 3 is 2.03 bits per heavy atom. The quantitative estimate of drug-likeness (QED) is 0.167. The second kappa shape index (κ2) is 15.5. The number of phenolic OH excluding ortho intramolecular Hbond substituents is 1. The first-order valence-corrected chi connectivity index (χ1v) is 19.7. The molecule has 1 N–H and O–H groups in total. The number of aromatic hydroxyl groups is 1. The molecule has 4 nitrogen and oxygen atoms in total. The van der Waals surface area contributed by atoms with Gasteiger partial charge in [-0.2, -0.15) is 0 Å². The molecule has 0 aliphatic heterocycles. The molecule has 4 heteroatoms. The lowest BCUT2D eigenvalue weighted by molar-refractivity contribution is 0.472. The minimum atomic E-state index is -2.97. The molecule has 0 amide bonds. The van der Waals surface area contributed by atoms with Gasteiger partial charge in [0.15, 0.2) is 0 Å². The van der Waals surface area contributed by atoms with Crippen LogP contribution in [-0.4, -0.2) is 19.6 Å². The molecule has 0 bridgehead atoms. The third-order valence-electron chi connectivity index (χ3n) is 10.8. The fraction of sp³-hybridized carbons (Fsp3) is 0.236. The zero-order valence-corrected chi connectivity index (χ0v) is 34.9. The third kappa shape index (κ3) is 7.60. The van der Waals surface area contributed by atoms with Crippen LogP contribution in [-0.2, 0) is 5.41 Å². The van der Waals surface area contributed by atoms with Crippen molar-refractivity contribution in [2.45, 2.75) is 86.4 Å². The van der Waals surface area contributed by atoms with Crippen LogP contribution in [0.4, 0.5) is 0 Å². The van der Waals surface area contributed by atoms with Crippen LogP contribution in [0.5, 0.6) is 5.75 Å². The second-order valence-corrected chi connectivity index (χ2v) is 16.7. The summed E-state index contributed by atoms with van der Waals surface area (Å²) in [7, 11) is 0. The van der Waals surface area contributed by atoms with Gasteiger partial charge in [-0.1, -0.05) is 133 Å². The largest absolute Gasteiger partial charge is 0.507 e. The zero-order chi connectivity index (χ0) is 52.2. The molecule has 0 unspecified atom stereocenters. The molecule has 0 spiro atoms. The van der Waals surface area contributed by atoms with Crippen LogP contribution >= 0.6 is 0 Å². The number of hydrogen-bond donors (Lipinski definition) is 1. The molecule has 2 aromatic heterocycles. The molecule has 0 saturated heterocycles. The Morgan fingerprint density at radius 1 is 0.695 bits per heavy atom. The summed E-state index contributed by atoms with van der Waals surface area (Å²) in [6.07, 6.45) is -0.582. The molecule has 0 radical (unpaired) electrons. The lowest BCUT2D eigenvalue weighted by Crippen LogP contribution is -2.11. The number of rotatable bonds is 8. The van der Waals surface area contributed by atoms with Crippen LogP contribution in [0.2, 0.25) is 0 Å². The Balaban J connectivity index is 1.39. The summed E-state index contributed by atoms with van der Waals surface area (Å²) in [5.74, 6) is -1.38. The Labute approximate surface area is 367 Å². The van der Waals surface area contributed by atoms with Gasteiger partial charge >= 0.3 is 0 Å². The number of aromatic nitrogens is 3. The Morgan fingerprint density at radius 2 is 1.37 bits per heavy atom. The van der Waals surface area contributed by atoms with Crippen molar-refractivity contribution >= 4 is 11.0 Å². The topological polar surface area (TPSA) is 50.9 Å². The van der Waals surface area contributed by atoms with Gasteiger partial charge in [-0.3, -0.25) is 9.55 Å². The first-order valence-electron chi connectivity index (χ1n) is 25.7. The van der Waals surface area contributed by atoms with Gasteiger partial charge in [0.05, 0.1) is 31.9 Å². The molecule has 0 fully saturated rings. The highest BCUT2D eigenvalue weighted by Gasteiger charge is 2.24. The molecule has 0 saturated carbocycles. The SMILES string of the molecule is [2H]c1nc(-c2cc(-c3cccc4c3nc(-c3cc(C)cc(C)c3O)n4-c3ccc(-c4c(C([2H])(C)C)cccc4C([2H])(C)C)cc3)cc(C(C)(C)C)c2)c([2H])c(-c2c([2H])c([2H])c(C([2H])([2H])[2H])c([2H])c2[2H])c1[2H]. The van der Waals surface area contributed by atoms with Gasteiger partial charge < -0.3 is 5.11 Å². The summed E-state index contributed by atoms with van der Waals surface area (Å²) >= 11 is 0. The number of phenols is 1. The van der Waals surface area contributed by atoms with Gasteiger partial charge in [-0.15, -0.1) is 0 Å². The lowest BCUT2D eigenvalue weighted by atomic mass is 9.83. The summed E-state index contributed by atoms with van der Waals surface area (Å²) in [5.41, 5.74) is 7.71. The van der Waals surface area contributed by atoms with E-state index in [1.54, 1.807) is 6.07 Å². The summed E-state index contributed by atoms with van der Waals surface area (Å²) in [5, 5.41) is 11.7. The van der Waals surface area contributed by atoms with E-state index < -0.39 is 77.6 Å². The molecular formula is C55H55N3O. The monoisotopic (exact) mass is 786 g/mol. The Bertz CT molecular complexity index is 3400. The predicted octanol–water partition coefficient (Wildman–Crippen LogP) is 14.9. The van der Waals surface area contributed by atoms with Crippen LogP contribution in [0.3, 0.4) is 0 Å². The fourth-order valence-electron chi connectivity index (χ4n) is 7.75. The summed E-state index contributed by atoms with van der Waals surface area (Å²) < 4.78 is 106. The molecule has 6 aromatic carbocycles. The smallest absolute Gasteiger partial charge is 0.149 e. The molecular weight excluding hydrogens is 719 g/mol. The van der Waals surface area contributed by atoms with Gasteiger partial charge in [-0.05, 0) is 142 Å². The minimum Gasteiger partial charge on any atom is -0.507 e. The van der Waals surface area contributed by atoms with Crippen molar-refractivity contribution in [1.82, 2.24) is 14.5 Å². The number of hydrogen-bond acceptors (Lipinski definition) is 3. The van der Waals surface area contributed by atoms with Crippen molar-refractivity contribution in [2.24, 2.45) is 0 Å². The van der Waals surface area contributed by atoms with Gasteiger partial charge in [0.2, 0.25) is 0 Å². The number of aryl methyl sites for hydroxylation is 2. The normalized spacial score (nSPS) is 15.4. The summed E-state index contributed by atoms with van der Waals surface area (Å²) in [6.45, 7) is 14.2. The average Bonchev–Trinajstić information content (AvgIpc) is 3.67. The highest BCUT2D eigenvalue weighted by molar-refractivity contribution is 5.97. The predicted molar refractivity (Wildman–Crippen MR) is 249 cm³/mol. The number of fused-ring (bicyclic) bond motifs is 1. The van der Waals surface area contributed by atoms with E-state index in [2.05, 4.69) is 4.98 Å². The first kappa shape index (κ1) is 27.4. The van der Waals surface area contributed by atoms with Gasteiger partial charge in [0, 0.05) is 29.8 Å². The van der Waals surface area contributed by atoms with Gasteiger partial charge in [0.25, 0.3) is 0 Å². The molecule has 0 atom stereocenters. The number of pyridine rings is 1. The van der Waals surface area contributed by atoms with E-state index in [0.717, 1.165) is 39.1 Å². The van der Waals surface area contributed by atoms with Gasteiger partial charge in [0.1, 0.15) is 11.6 Å². The lowest BCUT2D eigenvalue weighted by Gasteiger charge is -2.22. The number of benzene rings is 6. The molecule has 0 aliphatic carbocycles. The summed E-state index contributed by atoms with van der Waals surface area (Å²) in [4.78, 5) is 9.75. The fourth-order valence-corrected chi connectivity index (χ4v) is 7.75. The van der Waals surface area contributed by atoms with Crippen molar-refractivity contribution in [3.63, 3.8) is 0 Å². The van der Waals surface area contributed by atoms with E-state index in [9.17, 15) is 6.48 Å². The van der Waals surface area contributed by atoms with E-state index in [4.69, 9.17) is 20.1 Å². The molecule has 296 valence electrons. The number of para-hydroxylation sites is 1. The van der Waals surface area contributed by atoms with Gasteiger partial charge in [-0.25, -0.2) is 4.98 Å². The molecule has 2 heterocycles. The number of nitrogens with zero attached hydrogens (tertiary/aromatic N) is 3. The van der Waals surface area contributed by atoms with Crippen molar-refractivity contribution in [3.8, 4) is 67.5 Å². The molecule has 59 heavy (non-hydrogen) atoms. The highest BCUT2D eigenvalue weighted by atomic mass is 16.3. The average molecular weight is 786 g/mol. The minimum absolute atomic E-state index is 0.0592. The maximum atomic E-state index is 11.7. The van der Waals surface area contributed by atoms with E-state index in [1.807, 2.05) is 152 Å². The van der Waals surface area contributed by atoms with Crippen LogP contribution < -0.4 is 0 Å². The third-order valence-corrected chi connectivity index (χ3v) is 10.8. The standard InChI is InChI=1S/C55H55N3O/c1-33(2)45-13-11-14-46(34(3)4)51(45)39-21-23-44(24-22-39)58-50-16-12-15-47(52(50)57-54(58)48-28-36(6)27-37(7)53(48)59)41-29-42(31-43(30-41)55(8,9)10)49-32-40(25-26-56-49)38-19-17-35(5)18-20-38/h11-34,59H,1-10H3/i5D3,17D,18D,19D,20D,25D,26D,32D,33D,34D. The van der Waals surface area contributed by atoms with Crippen LogP contribution in [0, 0.1) is 20.7 Å². The highest BCUT2D eigenvalue weighted by Crippen LogP contribution is 2.42. The molecule has 0 aliphatic rings. The Hall–Kier alpha value is -6.26. The van der Waals surface area contributed by atoms with E-state index in [-0.39, 0.29) is 17.0 Å². The van der Waals surface area contributed by atoms with E-state index in [0.29, 0.717) is 44.7 Å². The van der Waals surface area contributed by atoms with E-state index in [1.165, 1.54) is 0 Å². The molecule has 8 rings (SSSR count). The van der Waals surface area contributed by atoms with Crippen LogP contribution in [0.25, 0.3) is 72.7 Å². The number of imidazole rings is 1. The maximum Gasteiger partial charge on any atom is 0.149 e. The Kier molecular flexibility index (Phi) is 7.20. The van der Waals surface area contributed by atoms with Crippen LogP contribution in [0.15, 0.2) is 133 Å².